The second kappa shape index (κ2) is 6.67. The van der Waals surface area contributed by atoms with Crippen LogP contribution in [0.25, 0.3) is 0 Å². The Hall–Kier alpha value is -2.67. The minimum absolute atomic E-state index is 0.0344. The predicted octanol–water partition coefficient (Wildman–Crippen LogP) is 1.55. The van der Waals surface area contributed by atoms with Gasteiger partial charge in [0.15, 0.2) is 11.5 Å². The number of aliphatic carboxylic acids is 1. The molecule has 0 saturated carbocycles. The Morgan fingerprint density at radius 2 is 2.05 bits per heavy atom. The number of carbonyl (C=O) groups is 2. The number of amides is 1. The highest BCUT2D eigenvalue weighted by Gasteiger charge is 2.23. The number of carboxylic acids is 1. The van der Waals surface area contributed by atoms with Gasteiger partial charge >= 0.3 is 5.97 Å². The summed E-state index contributed by atoms with van der Waals surface area (Å²) in [4.78, 5) is 24.5. The Balaban J connectivity index is 2.27. The summed E-state index contributed by atoms with van der Waals surface area (Å²) in [6, 6.07) is 9.95. The molecule has 2 rings (SSSR count). The zero-order chi connectivity index (χ0) is 15.2. The van der Waals surface area contributed by atoms with Crippen molar-refractivity contribution in [3.63, 3.8) is 0 Å². The molecule has 7 nitrogen and oxygen atoms in total. The lowest BCUT2D eigenvalue weighted by atomic mass is 10.2. The van der Waals surface area contributed by atoms with Crippen molar-refractivity contribution < 1.29 is 24.0 Å². The highest BCUT2D eigenvalue weighted by molar-refractivity contribution is 6.06. The normalized spacial score (nSPS) is 10.3. The molecular formula is C14H14N2O5. The minimum Gasteiger partial charge on any atom is -0.480 e. The third-order valence-electron chi connectivity index (χ3n) is 2.67. The van der Waals surface area contributed by atoms with Crippen LogP contribution in [0.15, 0.2) is 40.9 Å². The molecule has 2 aromatic rings. The van der Waals surface area contributed by atoms with E-state index < -0.39 is 18.4 Å². The van der Waals surface area contributed by atoms with E-state index in [0.717, 1.165) is 4.90 Å². The van der Waals surface area contributed by atoms with Crippen LogP contribution in [0.3, 0.4) is 0 Å². The quantitative estimate of drug-likeness (QED) is 0.867. The van der Waals surface area contributed by atoms with Crippen molar-refractivity contribution >= 4 is 17.6 Å². The van der Waals surface area contributed by atoms with E-state index in [1.54, 1.807) is 30.3 Å². The van der Waals surface area contributed by atoms with E-state index in [-0.39, 0.29) is 12.3 Å². The molecule has 1 aromatic heterocycles. The molecule has 21 heavy (non-hydrogen) atoms. The molecule has 0 fully saturated rings. The Bertz CT molecular complexity index is 623. The molecule has 1 N–H and O–H groups in total. The van der Waals surface area contributed by atoms with E-state index in [9.17, 15) is 9.59 Å². The largest absolute Gasteiger partial charge is 0.480 e. The zero-order valence-corrected chi connectivity index (χ0v) is 11.4. The summed E-state index contributed by atoms with van der Waals surface area (Å²) in [6.07, 6.45) is 0. The number of nitrogens with zero attached hydrogens (tertiary/aromatic N) is 2. The van der Waals surface area contributed by atoms with Gasteiger partial charge in [-0.25, -0.2) is 0 Å². The van der Waals surface area contributed by atoms with Gasteiger partial charge < -0.3 is 14.4 Å². The molecule has 1 aromatic carbocycles. The monoisotopic (exact) mass is 290 g/mol. The Kier molecular flexibility index (Phi) is 4.68. The maximum absolute atomic E-state index is 12.4. The van der Waals surface area contributed by atoms with Crippen LogP contribution in [0, 0.1) is 0 Å². The van der Waals surface area contributed by atoms with Gasteiger partial charge in [-0.3, -0.25) is 14.5 Å². The molecule has 0 aliphatic heterocycles. The van der Waals surface area contributed by atoms with Crippen LogP contribution >= 0.6 is 0 Å². The van der Waals surface area contributed by atoms with Crippen LogP contribution in [-0.4, -0.2) is 35.8 Å². The molecule has 0 atom stereocenters. The summed E-state index contributed by atoms with van der Waals surface area (Å²) >= 11 is 0. The van der Waals surface area contributed by atoms with Gasteiger partial charge in [0, 0.05) is 18.9 Å². The zero-order valence-electron chi connectivity index (χ0n) is 11.4. The fourth-order valence-electron chi connectivity index (χ4n) is 1.79. The van der Waals surface area contributed by atoms with Gasteiger partial charge in [-0.15, -0.1) is 0 Å². The minimum atomic E-state index is -1.12. The van der Waals surface area contributed by atoms with Crippen molar-refractivity contribution in [2.24, 2.45) is 0 Å². The molecule has 0 unspecified atom stereocenters. The highest BCUT2D eigenvalue weighted by atomic mass is 16.5. The summed E-state index contributed by atoms with van der Waals surface area (Å²) < 4.78 is 9.83. The molecule has 7 heteroatoms. The lowest BCUT2D eigenvalue weighted by molar-refractivity contribution is -0.135. The van der Waals surface area contributed by atoms with Gasteiger partial charge in [-0.2, -0.15) is 0 Å². The standard InChI is InChI=1S/C14H14N2O5/c1-20-9-11-7-12(15-21-11)14(19)16(8-13(17)18)10-5-3-2-4-6-10/h2-7H,8-9H2,1H3,(H,17,18). The van der Waals surface area contributed by atoms with Crippen molar-refractivity contribution in [1.82, 2.24) is 5.16 Å². The van der Waals surface area contributed by atoms with Crippen molar-refractivity contribution in [2.45, 2.75) is 6.61 Å². The number of carboxylic acid groups (broad SMARTS) is 1. The number of anilines is 1. The van der Waals surface area contributed by atoms with Crippen LogP contribution in [0.5, 0.6) is 0 Å². The average Bonchev–Trinajstić information content (AvgIpc) is 2.94. The fourth-order valence-corrected chi connectivity index (χ4v) is 1.79. The number of ether oxygens (including phenoxy) is 1. The number of carbonyl (C=O) groups excluding carboxylic acids is 1. The summed E-state index contributed by atoms with van der Waals surface area (Å²) in [5.41, 5.74) is 0.508. The number of benzene rings is 1. The van der Waals surface area contributed by atoms with Crippen molar-refractivity contribution in [1.29, 1.82) is 0 Å². The second-order valence-corrected chi connectivity index (χ2v) is 4.23. The van der Waals surface area contributed by atoms with E-state index in [2.05, 4.69) is 5.16 Å². The Morgan fingerprint density at radius 3 is 2.67 bits per heavy atom. The molecule has 0 bridgehead atoms. The molecule has 0 aliphatic rings. The Labute approximate surface area is 120 Å². The van der Waals surface area contributed by atoms with Crippen LogP contribution in [0.4, 0.5) is 5.69 Å². The summed E-state index contributed by atoms with van der Waals surface area (Å²) in [6.45, 7) is -0.278. The predicted molar refractivity (Wildman–Crippen MR) is 73.0 cm³/mol. The van der Waals surface area contributed by atoms with Gasteiger partial charge in [0.05, 0.1) is 0 Å². The molecule has 0 radical (unpaired) electrons. The Morgan fingerprint density at radius 1 is 1.33 bits per heavy atom. The van der Waals surface area contributed by atoms with E-state index >= 15 is 0 Å². The molecule has 110 valence electrons. The number of aromatic nitrogens is 1. The molecule has 1 amide bonds. The number of hydrogen-bond donors (Lipinski definition) is 1. The van der Waals surface area contributed by atoms with Crippen LogP contribution < -0.4 is 4.90 Å². The third kappa shape index (κ3) is 3.67. The first-order valence-corrected chi connectivity index (χ1v) is 6.15. The van der Waals surface area contributed by atoms with Gasteiger partial charge in [0.1, 0.15) is 13.2 Å². The van der Waals surface area contributed by atoms with Gasteiger partial charge in [0.25, 0.3) is 5.91 Å². The number of para-hydroxylation sites is 1. The van der Waals surface area contributed by atoms with Crippen molar-refractivity contribution in [2.75, 3.05) is 18.6 Å². The number of hydrogen-bond acceptors (Lipinski definition) is 5. The summed E-state index contributed by atoms with van der Waals surface area (Å²) in [7, 11) is 1.49. The van der Waals surface area contributed by atoms with Gasteiger partial charge in [0.2, 0.25) is 0 Å². The van der Waals surface area contributed by atoms with Gasteiger partial charge in [-0.1, -0.05) is 23.4 Å². The lowest BCUT2D eigenvalue weighted by Crippen LogP contribution is -2.35. The van der Waals surface area contributed by atoms with Crippen LogP contribution in [0.2, 0.25) is 0 Å². The number of methoxy groups -OCH3 is 1. The first-order valence-electron chi connectivity index (χ1n) is 6.15. The van der Waals surface area contributed by atoms with Crippen molar-refractivity contribution in [3.8, 4) is 0 Å². The average molecular weight is 290 g/mol. The molecule has 1 heterocycles. The lowest BCUT2D eigenvalue weighted by Gasteiger charge is -2.19. The smallest absolute Gasteiger partial charge is 0.323 e. The van der Waals surface area contributed by atoms with E-state index in [0.29, 0.717) is 11.4 Å². The second-order valence-electron chi connectivity index (χ2n) is 4.23. The first kappa shape index (κ1) is 14.7. The van der Waals surface area contributed by atoms with Crippen molar-refractivity contribution in [3.05, 3.63) is 47.9 Å². The molecule has 0 saturated heterocycles. The van der Waals surface area contributed by atoms with E-state index in [1.807, 2.05) is 0 Å². The van der Waals surface area contributed by atoms with Crippen LogP contribution in [-0.2, 0) is 16.1 Å². The highest BCUT2D eigenvalue weighted by Crippen LogP contribution is 2.17. The number of rotatable bonds is 6. The van der Waals surface area contributed by atoms with Gasteiger partial charge in [-0.05, 0) is 12.1 Å². The maximum atomic E-state index is 12.4. The summed E-state index contributed by atoms with van der Waals surface area (Å²) in [5, 5.41) is 12.6. The van der Waals surface area contributed by atoms with Crippen LogP contribution in [0.1, 0.15) is 16.2 Å². The third-order valence-corrected chi connectivity index (χ3v) is 2.67. The topological polar surface area (TPSA) is 92.9 Å². The SMILES string of the molecule is COCc1cc(C(=O)N(CC(=O)O)c2ccccc2)no1. The molecular weight excluding hydrogens is 276 g/mol. The summed E-state index contributed by atoms with van der Waals surface area (Å²) in [5.74, 6) is -1.27. The first-order chi connectivity index (χ1) is 10.1. The maximum Gasteiger partial charge on any atom is 0.323 e. The fraction of sp³-hybridized carbons (Fsp3) is 0.214. The van der Waals surface area contributed by atoms with E-state index in [4.69, 9.17) is 14.4 Å². The molecule has 0 spiro atoms. The molecule has 0 aliphatic carbocycles. The van der Waals surface area contributed by atoms with E-state index in [1.165, 1.54) is 13.2 Å².